The van der Waals surface area contributed by atoms with E-state index in [0.717, 1.165) is 12.2 Å². The number of ether oxygens (including phenoxy) is 3. The van der Waals surface area contributed by atoms with Gasteiger partial charge in [-0.1, -0.05) is 0 Å². The predicted octanol–water partition coefficient (Wildman–Crippen LogP) is 0.210. The summed E-state index contributed by atoms with van der Waals surface area (Å²) >= 11 is 0. The van der Waals surface area contributed by atoms with Crippen LogP contribution in [0.5, 0.6) is 0 Å². The first kappa shape index (κ1) is 14.2. The number of rotatable bonds is 5. The molecule has 0 aromatic rings. The van der Waals surface area contributed by atoms with E-state index in [1.165, 1.54) is 14.2 Å². The number of carbonyl (C=O) groups excluding carboxylic acids is 3. The second-order valence-corrected chi connectivity index (χ2v) is 2.88. The Hall–Kier alpha value is -1.85. The van der Waals surface area contributed by atoms with Crippen LogP contribution in [0.3, 0.4) is 0 Å². The molecule has 0 radical (unpaired) electrons. The topological polar surface area (TPSA) is 78.9 Å². The number of hydrogen-bond donors (Lipinski definition) is 0. The first-order valence-electron chi connectivity index (χ1n) is 4.53. The van der Waals surface area contributed by atoms with Crippen LogP contribution in [0.1, 0.15) is 13.3 Å². The monoisotopic (exact) mass is 230 g/mol. The van der Waals surface area contributed by atoms with Crippen molar-refractivity contribution < 1.29 is 28.6 Å². The van der Waals surface area contributed by atoms with Crippen LogP contribution >= 0.6 is 0 Å². The van der Waals surface area contributed by atoms with Gasteiger partial charge in [0.15, 0.2) is 0 Å². The van der Waals surface area contributed by atoms with E-state index in [9.17, 15) is 14.4 Å². The molecule has 0 spiro atoms. The van der Waals surface area contributed by atoms with Crippen molar-refractivity contribution in [1.82, 2.24) is 0 Å². The zero-order valence-corrected chi connectivity index (χ0v) is 9.39. The molecule has 0 bridgehead atoms. The van der Waals surface area contributed by atoms with Gasteiger partial charge in [-0.05, 0) is 6.92 Å². The molecule has 0 fully saturated rings. The molecule has 0 saturated heterocycles. The van der Waals surface area contributed by atoms with E-state index in [1.807, 2.05) is 0 Å². The molecule has 0 aromatic heterocycles. The molecule has 0 heterocycles. The molecule has 0 rings (SSSR count). The molecule has 0 N–H and O–H groups in total. The molecule has 0 aromatic carbocycles. The highest BCUT2D eigenvalue weighted by Gasteiger charge is 2.12. The third-order valence-electron chi connectivity index (χ3n) is 1.56. The molecule has 16 heavy (non-hydrogen) atoms. The molecule has 1 atom stereocenters. The van der Waals surface area contributed by atoms with E-state index in [-0.39, 0.29) is 6.42 Å². The summed E-state index contributed by atoms with van der Waals surface area (Å²) in [5, 5.41) is 0. The fourth-order valence-corrected chi connectivity index (χ4v) is 0.801. The zero-order valence-electron chi connectivity index (χ0n) is 9.39. The average molecular weight is 230 g/mol. The molecule has 0 aliphatic carbocycles. The molecule has 0 aliphatic heterocycles. The maximum atomic E-state index is 11.1. The van der Waals surface area contributed by atoms with Crippen molar-refractivity contribution in [2.45, 2.75) is 19.4 Å². The van der Waals surface area contributed by atoms with Crippen molar-refractivity contribution in [3.8, 4) is 0 Å². The summed E-state index contributed by atoms with van der Waals surface area (Å²) in [6, 6.07) is 0. The van der Waals surface area contributed by atoms with Crippen LogP contribution in [0, 0.1) is 0 Å². The van der Waals surface area contributed by atoms with E-state index < -0.39 is 24.0 Å². The van der Waals surface area contributed by atoms with Crippen molar-refractivity contribution in [2.75, 3.05) is 14.2 Å². The molecular weight excluding hydrogens is 216 g/mol. The molecule has 6 nitrogen and oxygen atoms in total. The maximum Gasteiger partial charge on any atom is 0.331 e. The largest absolute Gasteiger partial charge is 0.469 e. The Kier molecular flexibility index (Phi) is 6.58. The summed E-state index contributed by atoms with van der Waals surface area (Å²) in [7, 11) is 2.44. The Bertz CT molecular complexity index is 294. The first-order chi connectivity index (χ1) is 7.49. The lowest BCUT2D eigenvalue weighted by Gasteiger charge is -2.09. The molecule has 0 saturated carbocycles. The van der Waals surface area contributed by atoms with Crippen LogP contribution in [0.2, 0.25) is 0 Å². The minimum absolute atomic E-state index is 0.0334. The highest BCUT2D eigenvalue weighted by atomic mass is 16.6. The Morgan fingerprint density at radius 2 is 1.62 bits per heavy atom. The van der Waals surface area contributed by atoms with Crippen LogP contribution in [-0.2, 0) is 28.6 Å². The minimum Gasteiger partial charge on any atom is -0.469 e. The summed E-state index contributed by atoms with van der Waals surface area (Å²) in [5.41, 5.74) is 0. The molecule has 6 heteroatoms. The molecule has 0 unspecified atom stereocenters. The van der Waals surface area contributed by atoms with E-state index >= 15 is 0 Å². The fraction of sp³-hybridized carbons (Fsp3) is 0.500. The first-order valence-corrected chi connectivity index (χ1v) is 4.53. The van der Waals surface area contributed by atoms with Crippen LogP contribution < -0.4 is 0 Å². The van der Waals surface area contributed by atoms with Gasteiger partial charge in [-0.2, -0.15) is 0 Å². The second kappa shape index (κ2) is 7.44. The minimum atomic E-state index is -0.721. The number of esters is 3. The third kappa shape index (κ3) is 6.58. The van der Waals surface area contributed by atoms with Crippen molar-refractivity contribution in [1.29, 1.82) is 0 Å². The summed E-state index contributed by atoms with van der Waals surface area (Å²) in [5.74, 6) is -1.85. The van der Waals surface area contributed by atoms with Gasteiger partial charge >= 0.3 is 17.9 Å². The van der Waals surface area contributed by atoms with Gasteiger partial charge in [0, 0.05) is 12.2 Å². The predicted molar refractivity (Wildman–Crippen MR) is 53.3 cm³/mol. The van der Waals surface area contributed by atoms with Crippen LogP contribution in [0.15, 0.2) is 12.2 Å². The van der Waals surface area contributed by atoms with Gasteiger partial charge in [-0.3, -0.25) is 4.79 Å². The van der Waals surface area contributed by atoms with Gasteiger partial charge in [-0.25, -0.2) is 9.59 Å². The van der Waals surface area contributed by atoms with Gasteiger partial charge < -0.3 is 14.2 Å². The zero-order chi connectivity index (χ0) is 12.6. The molecule has 90 valence electrons. The van der Waals surface area contributed by atoms with E-state index in [1.54, 1.807) is 6.92 Å². The van der Waals surface area contributed by atoms with Crippen LogP contribution in [0.4, 0.5) is 0 Å². The number of hydrogen-bond acceptors (Lipinski definition) is 6. The van der Waals surface area contributed by atoms with Crippen molar-refractivity contribution >= 4 is 17.9 Å². The number of methoxy groups -OCH3 is 2. The van der Waals surface area contributed by atoms with Gasteiger partial charge in [0.1, 0.15) is 6.10 Å². The van der Waals surface area contributed by atoms with Crippen molar-refractivity contribution in [3.05, 3.63) is 12.2 Å². The normalized spacial score (nSPS) is 11.9. The summed E-state index contributed by atoms with van der Waals surface area (Å²) < 4.78 is 13.5. The highest BCUT2D eigenvalue weighted by molar-refractivity contribution is 5.91. The summed E-state index contributed by atoms with van der Waals surface area (Å²) in [6.45, 7) is 1.54. The summed E-state index contributed by atoms with van der Waals surface area (Å²) in [4.78, 5) is 32.5. The van der Waals surface area contributed by atoms with E-state index in [2.05, 4.69) is 9.47 Å². The van der Waals surface area contributed by atoms with Crippen molar-refractivity contribution in [3.63, 3.8) is 0 Å². The Morgan fingerprint density at radius 3 is 2.12 bits per heavy atom. The summed E-state index contributed by atoms with van der Waals surface area (Å²) in [6.07, 6.45) is 1.23. The van der Waals surface area contributed by atoms with Gasteiger partial charge in [0.05, 0.1) is 20.6 Å². The lowest BCUT2D eigenvalue weighted by atomic mass is 10.3. The van der Waals surface area contributed by atoms with E-state index in [0.29, 0.717) is 0 Å². The number of carbonyl (C=O) groups is 3. The Morgan fingerprint density at radius 1 is 1.06 bits per heavy atom. The maximum absolute atomic E-state index is 11.1. The average Bonchev–Trinajstić information content (AvgIpc) is 2.25. The van der Waals surface area contributed by atoms with Crippen molar-refractivity contribution in [2.24, 2.45) is 0 Å². The van der Waals surface area contributed by atoms with Gasteiger partial charge in [-0.15, -0.1) is 0 Å². The SMILES string of the molecule is COC(=O)/C=C/C(=O)O[C@H](C)CC(=O)OC. The molecule has 0 amide bonds. The van der Waals surface area contributed by atoms with Gasteiger partial charge in [0.25, 0.3) is 0 Å². The molecule has 0 aliphatic rings. The van der Waals surface area contributed by atoms with Gasteiger partial charge in [0.2, 0.25) is 0 Å². The Balaban J connectivity index is 4.00. The van der Waals surface area contributed by atoms with E-state index in [4.69, 9.17) is 4.74 Å². The smallest absolute Gasteiger partial charge is 0.331 e. The quantitative estimate of drug-likeness (QED) is 0.381. The molecular formula is C10H14O6. The highest BCUT2D eigenvalue weighted by Crippen LogP contribution is 2.00. The fourth-order valence-electron chi connectivity index (χ4n) is 0.801. The third-order valence-corrected chi connectivity index (χ3v) is 1.56. The second-order valence-electron chi connectivity index (χ2n) is 2.88. The Labute approximate surface area is 93.2 Å². The van der Waals surface area contributed by atoms with Crippen LogP contribution in [-0.4, -0.2) is 38.2 Å². The lowest BCUT2D eigenvalue weighted by molar-refractivity contribution is -0.149. The van der Waals surface area contributed by atoms with Crippen LogP contribution in [0.25, 0.3) is 0 Å². The lowest BCUT2D eigenvalue weighted by Crippen LogP contribution is -2.18. The standard InChI is InChI=1S/C10H14O6/c1-7(6-10(13)15-3)16-9(12)5-4-8(11)14-2/h4-5,7H,6H2,1-3H3/b5-4+/t7-/m1/s1.